The Balaban J connectivity index is 1.25. The lowest BCUT2D eigenvalue weighted by molar-refractivity contribution is -0.116. The van der Waals surface area contributed by atoms with Gasteiger partial charge in [0, 0.05) is 43.5 Å². The van der Waals surface area contributed by atoms with Crippen molar-refractivity contribution in [1.82, 2.24) is 4.90 Å². The van der Waals surface area contributed by atoms with Crippen molar-refractivity contribution in [3.63, 3.8) is 0 Å². The number of β-amino-alcohol motifs (C(OH)–C–C–N with tert-alkyl or cyclic N) is 1. The fourth-order valence-corrected chi connectivity index (χ4v) is 4.37. The monoisotopic (exact) mass is 420 g/mol. The maximum absolute atomic E-state index is 13.0. The molecule has 1 amide bonds. The molecule has 1 saturated carbocycles. The summed E-state index contributed by atoms with van der Waals surface area (Å²) in [6, 6.07) is 13.9. The van der Waals surface area contributed by atoms with Crippen molar-refractivity contribution in [3.05, 3.63) is 65.4 Å². The summed E-state index contributed by atoms with van der Waals surface area (Å²) in [5, 5.41) is 9.76. The van der Waals surface area contributed by atoms with E-state index in [1.54, 1.807) is 12.0 Å². The SMILES string of the molecule is COc1cc(N2CC=C(Oc3ccc(C4CC4)cc3)C2=O)ccc1CN1CC[C@H](O)C1. The van der Waals surface area contributed by atoms with E-state index in [1.807, 2.05) is 36.4 Å². The van der Waals surface area contributed by atoms with E-state index in [-0.39, 0.29) is 12.0 Å². The molecule has 0 aromatic heterocycles. The molecule has 0 bridgehead atoms. The molecule has 0 radical (unpaired) electrons. The molecule has 2 heterocycles. The van der Waals surface area contributed by atoms with Crippen LogP contribution in [-0.2, 0) is 11.3 Å². The molecule has 2 aromatic carbocycles. The van der Waals surface area contributed by atoms with Crippen LogP contribution in [-0.4, -0.2) is 48.8 Å². The molecule has 1 saturated heterocycles. The van der Waals surface area contributed by atoms with Gasteiger partial charge < -0.3 is 19.5 Å². The molecular formula is C25H28N2O4. The molecule has 2 fully saturated rings. The van der Waals surface area contributed by atoms with Crippen molar-refractivity contribution < 1.29 is 19.4 Å². The van der Waals surface area contributed by atoms with Gasteiger partial charge >= 0.3 is 0 Å². The molecule has 2 aliphatic heterocycles. The molecule has 1 atom stereocenters. The maximum atomic E-state index is 13.0. The Morgan fingerprint density at radius 3 is 2.58 bits per heavy atom. The van der Waals surface area contributed by atoms with Crippen LogP contribution in [0.3, 0.4) is 0 Å². The minimum Gasteiger partial charge on any atom is -0.496 e. The van der Waals surface area contributed by atoms with Gasteiger partial charge in [0.1, 0.15) is 11.5 Å². The van der Waals surface area contributed by atoms with Gasteiger partial charge in [-0.25, -0.2) is 0 Å². The molecule has 1 aliphatic carbocycles. The van der Waals surface area contributed by atoms with E-state index in [1.165, 1.54) is 18.4 Å². The maximum Gasteiger partial charge on any atom is 0.294 e. The summed E-state index contributed by atoms with van der Waals surface area (Å²) in [5.74, 6) is 2.34. The first-order chi connectivity index (χ1) is 15.1. The van der Waals surface area contributed by atoms with E-state index in [2.05, 4.69) is 17.0 Å². The van der Waals surface area contributed by atoms with Crippen LogP contribution >= 0.6 is 0 Å². The molecule has 3 aliphatic rings. The number of benzene rings is 2. The minimum atomic E-state index is -0.248. The van der Waals surface area contributed by atoms with E-state index in [4.69, 9.17) is 9.47 Å². The summed E-state index contributed by atoms with van der Waals surface area (Å²) < 4.78 is 11.5. The minimum absolute atomic E-state index is 0.149. The zero-order valence-electron chi connectivity index (χ0n) is 17.8. The van der Waals surface area contributed by atoms with Gasteiger partial charge in [-0.05, 0) is 55.0 Å². The summed E-state index contributed by atoms with van der Waals surface area (Å²) in [4.78, 5) is 16.9. The highest BCUT2D eigenvalue weighted by molar-refractivity contribution is 6.07. The van der Waals surface area contributed by atoms with Gasteiger partial charge in [0.2, 0.25) is 0 Å². The van der Waals surface area contributed by atoms with Gasteiger partial charge in [0.25, 0.3) is 5.91 Å². The van der Waals surface area contributed by atoms with Crippen molar-refractivity contribution in [2.45, 2.75) is 37.8 Å². The normalized spacial score (nSPS) is 21.5. The summed E-state index contributed by atoms with van der Waals surface area (Å²) in [7, 11) is 1.64. The van der Waals surface area contributed by atoms with E-state index >= 15 is 0 Å². The Bertz CT molecular complexity index is 997. The van der Waals surface area contributed by atoms with Crippen LogP contribution < -0.4 is 14.4 Å². The lowest BCUT2D eigenvalue weighted by atomic mass is 10.1. The van der Waals surface area contributed by atoms with Gasteiger partial charge in [-0.1, -0.05) is 18.2 Å². The fraction of sp³-hybridized carbons (Fsp3) is 0.400. The average molecular weight is 421 g/mol. The van der Waals surface area contributed by atoms with Crippen LogP contribution in [0.25, 0.3) is 0 Å². The molecule has 31 heavy (non-hydrogen) atoms. The summed E-state index contributed by atoms with van der Waals surface area (Å²) in [5.41, 5.74) is 3.18. The Morgan fingerprint density at radius 2 is 1.90 bits per heavy atom. The first-order valence-corrected chi connectivity index (χ1v) is 11.0. The van der Waals surface area contributed by atoms with Gasteiger partial charge in [0.15, 0.2) is 5.76 Å². The topological polar surface area (TPSA) is 62.2 Å². The van der Waals surface area contributed by atoms with Gasteiger partial charge in [-0.2, -0.15) is 0 Å². The number of hydrogen-bond acceptors (Lipinski definition) is 5. The number of methoxy groups -OCH3 is 1. The molecule has 5 rings (SSSR count). The average Bonchev–Trinajstić information content (AvgIpc) is 3.46. The molecule has 2 aromatic rings. The standard InChI is InChI=1S/C25H28N2O4/c1-30-24-14-20(7-4-19(24)15-26-12-10-21(28)16-26)27-13-11-23(25(27)29)31-22-8-5-18(6-9-22)17-2-3-17/h4-9,11,14,17,21,28H,2-3,10,12-13,15-16H2,1H3/t21-/m0/s1. The van der Waals surface area contributed by atoms with E-state index in [9.17, 15) is 9.90 Å². The number of rotatable bonds is 7. The van der Waals surface area contributed by atoms with Crippen LogP contribution in [0.1, 0.15) is 36.3 Å². The number of nitrogens with zero attached hydrogens (tertiary/aromatic N) is 2. The van der Waals surface area contributed by atoms with Crippen molar-refractivity contribution in [3.8, 4) is 11.5 Å². The molecule has 0 spiro atoms. The number of ether oxygens (including phenoxy) is 2. The number of hydrogen-bond donors (Lipinski definition) is 1. The summed E-state index contributed by atoms with van der Waals surface area (Å²) >= 11 is 0. The zero-order chi connectivity index (χ0) is 21.4. The van der Waals surface area contributed by atoms with Crippen LogP contribution in [0.2, 0.25) is 0 Å². The first-order valence-electron chi connectivity index (χ1n) is 11.0. The molecule has 0 unspecified atom stereocenters. The van der Waals surface area contributed by atoms with Crippen LogP contribution in [0.4, 0.5) is 5.69 Å². The first kappa shape index (κ1) is 20.1. The Kier molecular flexibility index (Phi) is 5.42. The summed E-state index contributed by atoms with van der Waals surface area (Å²) in [6.07, 6.45) is 4.91. The fourth-order valence-electron chi connectivity index (χ4n) is 4.37. The number of anilines is 1. The smallest absolute Gasteiger partial charge is 0.294 e. The Morgan fingerprint density at radius 1 is 1.10 bits per heavy atom. The number of aliphatic hydroxyl groups excluding tert-OH is 1. The molecule has 6 heteroatoms. The molecule has 1 N–H and O–H groups in total. The lowest BCUT2D eigenvalue weighted by Crippen LogP contribution is -2.28. The number of amides is 1. The number of aliphatic hydroxyl groups is 1. The Hall–Kier alpha value is -2.83. The van der Waals surface area contributed by atoms with Crippen LogP contribution in [0.15, 0.2) is 54.3 Å². The second kappa shape index (κ2) is 8.36. The van der Waals surface area contributed by atoms with Gasteiger partial charge in [0.05, 0.1) is 13.2 Å². The quantitative estimate of drug-likeness (QED) is 0.744. The number of likely N-dealkylation sites (tertiary alicyclic amines) is 1. The van der Waals surface area contributed by atoms with E-state index in [0.29, 0.717) is 30.5 Å². The third-order valence-electron chi connectivity index (χ3n) is 6.30. The predicted octanol–water partition coefficient (Wildman–Crippen LogP) is 3.45. The third kappa shape index (κ3) is 4.31. The van der Waals surface area contributed by atoms with E-state index in [0.717, 1.165) is 36.5 Å². The molecule has 162 valence electrons. The van der Waals surface area contributed by atoms with Crippen molar-refractivity contribution in [2.75, 3.05) is 31.6 Å². The largest absolute Gasteiger partial charge is 0.496 e. The zero-order valence-corrected chi connectivity index (χ0v) is 17.8. The number of carbonyl (C=O) groups is 1. The predicted molar refractivity (Wildman–Crippen MR) is 118 cm³/mol. The lowest BCUT2D eigenvalue weighted by Gasteiger charge is -2.21. The van der Waals surface area contributed by atoms with Gasteiger partial charge in [-0.3, -0.25) is 9.69 Å². The van der Waals surface area contributed by atoms with Crippen LogP contribution in [0.5, 0.6) is 11.5 Å². The second-order valence-electron chi connectivity index (χ2n) is 8.60. The Labute approximate surface area is 182 Å². The number of carbonyl (C=O) groups excluding carboxylic acids is 1. The van der Waals surface area contributed by atoms with Crippen molar-refractivity contribution >= 4 is 11.6 Å². The highest BCUT2D eigenvalue weighted by Crippen LogP contribution is 2.40. The highest BCUT2D eigenvalue weighted by Gasteiger charge is 2.29. The van der Waals surface area contributed by atoms with Gasteiger partial charge in [-0.15, -0.1) is 0 Å². The van der Waals surface area contributed by atoms with E-state index < -0.39 is 0 Å². The molecule has 6 nitrogen and oxygen atoms in total. The van der Waals surface area contributed by atoms with Crippen molar-refractivity contribution in [2.24, 2.45) is 0 Å². The second-order valence-corrected chi connectivity index (χ2v) is 8.60. The molecular weight excluding hydrogens is 392 g/mol. The third-order valence-corrected chi connectivity index (χ3v) is 6.30. The van der Waals surface area contributed by atoms with Crippen molar-refractivity contribution in [1.29, 1.82) is 0 Å². The highest BCUT2D eigenvalue weighted by atomic mass is 16.5. The summed E-state index contributed by atoms with van der Waals surface area (Å²) in [6.45, 7) is 2.75. The van der Waals surface area contributed by atoms with Crippen LogP contribution in [0, 0.1) is 0 Å².